The van der Waals surface area contributed by atoms with Crippen LogP contribution < -0.4 is 10.1 Å². The number of aryl methyl sites for hydroxylation is 1. The van der Waals surface area contributed by atoms with E-state index in [0.717, 1.165) is 25.2 Å². The van der Waals surface area contributed by atoms with Crippen molar-refractivity contribution in [2.75, 3.05) is 11.9 Å². The molecule has 0 bridgehead atoms. The molecule has 1 unspecified atom stereocenters. The molecule has 1 aliphatic heterocycles. The van der Waals surface area contributed by atoms with E-state index >= 15 is 0 Å². The third kappa shape index (κ3) is 1.87. The first-order valence-corrected chi connectivity index (χ1v) is 7.34. The van der Waals surface area contributed by atoms with Gasteiger partial charge in [0.15, 0.2) is 0 Å². The molecule has 1 aromatic heterocycles. The Balaban J connectivity index is 1.61. The molecule has 20 heavy (non-hydrogen) atoms. The smallest absolute Gasteiger partial charge is 0.122 e. The molecule has 1 N–H and O–H groups in total. The summed E-state index contributed by atoms with van der Waals surface area (Å²) >= 11 is 0. The first-order valence-electron chi connectivity index (χ1n) is 7.34. The highest BCUT2D eigenvalue weighted by atomic mass is 16.5. The second kappa shape index (κ2) is 4.54. The van der Waals surface area contributed by atoms with Crippen molar-refractivity contribution in [3.8, 4) is 5.75 Å². The van der Waals surface area contributed by atoms with E-state index in [0.29, 0.717) is 6.04 Å². The Bertz CT molecular complexity index is 647. The van der Waals surface area contributed by atoms with Gasteiger partial charge in [-0.15, -0.1) is 0 Å². The summed E-state index contributed by atoms with van der Waals surface area (Å²) in [4.78, 5) is 0. The van der Waals surface area contributed by atoms with Crippen molar-refractivity contribution >= 4 is 5.69 Å². The average molecular weight is 269 g/mol. The molecule has 0 spiro atoms. The maximum absolute atomic E-state index is 5.56. The molecule has 1 aromatic carbocycles. The molecular formula is C16H19N3O. The molecule has 2 aromatic rings. The molecule has 0 saturated carbocycles. The first kappa shape index (κ1) is 11.8. The predicted octanol–water partition coefficient (Wildman–Crippen LogP) is 2.84. The van der Waals surface area contributed by atoms with Gasteiger partial charge in [0.2, 0.25) is 0 Å². The van der Waals surface area contributed by atoms with Crippen molar-refractivity contribution in [3.05, 3.63) is 41.2 Å². The number of hydrogen-bond acceptors (Lipinski definition) is 3. The van der Waals surface area contributed by atoms with Crippen LogP contribution in [0, 0.1) is 0 Å². The van der Waals surface area contributed by atoms with E-state index in [-0.39, 0.29) is 0 Å². The molecule has 4 rings (SSSR count). The third-order valence-electron chi connectivity index (χ3n) is 4.41. The Kier molecular flexibility index (Phi) is 2.69. The van der Waals surface area contributed by atoms with Gasteiger partial charge in [-0.3, -0.25) is 4.68 Å². The fourth-order valence-corrected chi connectivity index (χ4v) is 3.33. The number of hydrogen-bond donors (Lipinski definition) is 1. The van der Waals surface area contributed by atoms with Crippen LogP contribution in [0.3, 0.4) is 0 Å². The van der Waals surface area contributed by atoms with Crippen molar-refractivity contribution in [1.29, 1.82) is 0 Å². The highest BCUT2D eigenvalue weighted by molar-refractivity contribution is 5.54. The number of aromatic nitrogens is 2. The molecule has 0 fully saturated rings. The molecule has 1 aliphatic carbocycles. The number of nitrogens with one attached hydrogen (secondary N) is 1. The minimum Gasteiger partial charge on any atom is -0.493 e. The van der Waals surface area contributed by atoms with Crippen molar-refractivity contribution in [3.63, 3.8) is 0 Å². The summed E-state index contributed by atoms with van der Waals surface area (Å²) in [5, 5.41) is 8.08. The SMILES string of the molecule is Cn1ncc2c1CCCC2Nc1ccc2c(c1)CCO2. The Morgan fingerprint density at radius 2 is 2.30 bits per heavy atom. The molecule has 0 saturated heterocycles. The number of rotatable bonds is 2. The fourth-order valence-electron chi connectivity index (χ4n) is 3.33. The van der Waals surface area contributed by atoms with E-state index in [4.69, 9.17) is 4.74 Å². The highest BCUT2D eigenvalue weighted by Gasteiger charge is 2.23. The minimum atomic E-state index is 0.382. The van der Waals surface area contributed by atoms with Gasteiger partial charge in [0.1, 0.15) is 5.75 Å². The average Bonchev–Trinajstić information content (AvgIpc) is 3.06. The summed E-state index contributed by atoms with van der Waals surface area (Å²) in [6, 6.07) is 6.81. The largest absolute Gasteiger partial charge is 0.493 e. The lowest BCUT2D eigenvalue weighted by atomic mass is 9.92. The number of benzene rings is 1. The zero-order chi connectivity index (χ0) is 13.5. The lowest BCUT2D eigenvalue weighted by Crippen LogP contribution is -2.17. The van der Waals surface area contributed by atoms with E-state index in [1.54, 1.807) is 0 Å². The van der Waals surface area contributed by atoms with E-state index < -0.39 is 0 Å². The molecule has 1 atom stereocenters. The summed E-state index contributed by atoms with van der Waals surface area (Å²) in [7, 11) is 2.04. The van der Waals surface area contributed by atoms with E-state index in [1.807, 2.05) is 17.9 Å². The number of nitrogens with zero attached hydrogens (tertiary/aromatic N) is 2. The monoisotopic (exact) mass is 269 g/mol. The standard InChI is InChI=1S/C16H19N3O/c1-19-15-4-2-3-14(13(15)10-17-19)18-12-5-6-16-11(9-12)7-8-20-16/h5-6,9-10,14,18H,2-4,7-8H2,1H3. The summed E-state index contributed by atoms with van der Waals surface area (Å²) in [5.41, 5.74) is 5.24. The number of fused-ring (bicyclic) bond motifs is 2. The lowest BCUT2D eigenvalue weighted by Gasteiger charge is -2.25. The molecule has 104 valence electrons. The normalized spacial score (nSPS) is 20.1. The van der Waals surface area contributed by atoms with Crippen molar-refractivity contribution in [2.45, 2.75) is 31.7 Å². The highest BCUT2D eigenvalue weighted by Crippen LogP contribution is 2.34. The second-order valence-corrected chi connectivity index (χ2v) is 5.68. The van der Waals surface area contributed by atoms with Gasteiger partial charge in [0.05, 0.1) is 18.8 Å². The predicted molar refractivity (Wildman–Crippen MR) is 78.2 cm³/mol. The molecule has 4 heteroatoms. The number of anilines is 1. The Morgan fingerprint density at radius 3 is 3.25 bits per heavy atom. The molecule has 2 heterocycles. The minimum absolute atomic E-state index is 0.382. The molecule has 0 amide bonds. The van der Waals surface area contributed by atoms with Crippen LogP contribution in [0.4, 0.5) is 5.69 Å². The van der Waals surface area contributed by atoms with Gasteiger partial charge >= 0.3 is 0 Å². The summed E-state index contributed by atoms with van der Waals surface area (Å²) in [6.07, 6.45) is 6.57. The van der Waals surface area contributed by atoms with Gasteiger partial charge in [-0.2, -0.15) is 5.10 Å². The van der Waals surface area contributed by atoms with Gasteiger partial charge in [-0.05, 0) is 43.0 Å². The van der Waals surface area contributed by atoms with Crippen LogP contribution in [-0.4, -0.2) is 16.4 Å². The molecule has 4 nitrogen and oxygen atoms in total. The molecular weight excluding hydrogens is 250 g/mol. The van der Waals surface area contributed by atoms with Gasteiger partial charge in [0.25, 0.3) is 0 Å². The van der Waals surface area contributed by atoms with Gasteiger partial charge in [-0.1, -0.05) is 0 Å². The fraction of sp³-hybridized carbons (Fsp3) is 0.438. The quantitative estimate of drug-likeness (QED) is 0.911. The van der Waals surface area contributed by atoms with Gasteiger partial charge in [0, 0.05) is 30.4 Å². The summed E-state index contributed by atoms with van der Waals surface area (Å²) in [5.74, 6) is 1.04. The van der Waals surface area contributed by atoms with E-state index in [1.165, 1.54) is 35.3 Å². The summed E-state index contributed by atoms with van der Waals surface area (Å²) < 4.78 is 7.58. The second-order valence-electron chi connectivity index (χ2n) is 5.68. The number of ether oxygens (including phenoxy) is 1. The van der Waals surface area contributed by atoms with Crippen molar-refractivity contribution in [1.82, 2.24) is 9.78 Å². The lowest BCUT2D eigenvalue weighted by molar-refractivity contribution is 0.357. The van der Waals surface area contributed by atoms with Crippen LogP contribution in [0.15, 0.2) is 24.4 Å². The van der Waals surface area contributed by atoms with Gasteiger partial charge < -0.3 is 10.1 Å². The van der Waals surface area contributed by atoms with Crippen LogP contribution in [0.1, 0.15) is 35.7 Å². The van der Waals surface area contributed by atoms with Gasteiger partial charge in [-0.25, -0.2) is 0 Å². The molecule has 0 radical (unpaired) electrons. The van der Waals surface area contributed by atoms with E-state index in [9.17, 15) is 0 Å². The van der Waals surface area contributed by atoms with Crippen LogP contribution in [-0.2, 0) is 19.9 Å². The van der Waals surface area contributed by atoms with Crippen molar-refractivity contribution in [2.24, 2.45) is 7.05 Å². The van der Waals surface area contributed by atoms with Crippen LogP contribution in [0.2, 0.25) is 0 Å². The third-order valence-corrected chi connectivity index (χ3v) is 4.41. The Hall–Kier alpha value is -1.97. The maximum atomic E-state index is 5.56. The van der Waals surface area contributed by atoms with Crippen LogP contribution in [0.5, 0.6) is 5.75 Å². The zero-order valence-electron chi connectivity index (χ0n) is 11.7. The van der Waals surface area contributed by atoms with Crippen LogP contribution >= 0.6 is 0 Å². The maximum Gasteiger partial charge on any atom is 0.122 e. The zero-order valence-corrected chi connectivity index (χ0v) is 11.7. The van der Waals surface area contributed by atoms with Crippen LogP contribution in [0.25, 0.3) is 0 Å². The van der Waals surface area contributed by atoms with Crippen molar-refractivity contribution < 1.29 is 4.74 Å². The summed E-state index contributed by atoms with van der Waals surface area (Å²) in [6.45, 7) is 0.814. The van der Waals surface area contributed by atoms with E-state index in [2.05, 4.69) is 28.6 Å². The first-order chi connectivity index (χ1) is 9.81. The Labute approximate surface area is 118 Å². The molecule has 2 aliphatic rings. The topological polar surface area (TPSA) is 39.1 Å². The Morgan fingerprint density at radius 1 is 1.35 bits per heavy atom.